The van der Waals surface area contributed by atoms with Crippen LogP contribution in [-0.2, 0) is 6.54 Å². The topological polar surface area (TPSA) is 56.7 Å². The van der Waals surface area contributed by atoms with Gasteiger partial charge in [0.1, 0.15) is 5.52 Å². The maximum absolute atomic E-state index is 13.2. The van der Waals surface area contributed by atoms with E-state index in [4.69, 9.17) is 5.73 Å². The van der Waals surface area contributed by atoms with E-state index in [9.17, 15) is 8.78 Å². The van der Waals surface area contributed by atoms with E-state index in [1.807, 2.05) is 0 Å². The molecule has 2 heterocycles. The highest BCUT2D eigenvalue weighted by molar-refractivity contribution is 9.10. The number of nitrogen functional groups attached to an aromatic ring is 1. The van der Waals surface area contributed by atoms with Crippen LogP contribution in [0.5, 0.6) is 0 Å². The van der Waals surface area contributed by atoms with Gasteiger partial charge in [0.15, 0.2) is 17.3 Å². The summed E-state index contributed by atoms with van der Waals surface area (Å²) in [5.41, 5.74) is 7.66. The Morgan fingerprint density at radius 2 is 2.00 bits per heavy atom. The summed E-state index contributed by atoms with van der Waals surface area (Å²) >= 11 is 3.31. The lowest BCUT2D eigenvalue weighted by molar-refractivity contribution is 0.506. The van der Waals surface area contributed by atoms with Crippen molar-refractivity contribution in [2.75, 3.05) is 5.73 Å². The van der Waals surface area contributed by atoms with E-state index in [0.29, 0.717) is 16.7 Å². The Morgan fingerprint density at radius 3 is 2.75 bits per heavy atom. The Kier molecular flexibility index (Phi) is 3.13. The van der Waals surface area contributed by atoms with Crippen LogP contribution in [0.4, 0.5) is 14.7 Å². The molecular formula is C13H9BrF2N4. The van der Waals surface area contributed by atoms with E-state index in [2.05, 4.69) is 25.9 Å². The van der Waals surface area contributed by atoms with Crippen molar-refractivity contribution < 1.29 is 8.78 Å². The van der Waals surface area contributed by atoms with E-state index in [0.717, 1.165) is 16.6 Å². The van der Waals surface area contributed by atoms with Gasteiger partial charge in [0.2, 0.25) is 5.95 Å². The van der Waals surface area contributed by atoms with Gasteiger partial charge in [0.25, 0.3) is 0 Å². The molecule has 0 aliphatic carbocycles. The van der Waals surface area contributed by atoms with Crippen LogP contribution in [0.2, 0.25) is 0 Å². The highest BCUT2D eigenvalue weighted by Gasteiger charge is 2.11. The Balaban J connectivity index is 2.05. The van der Waals surface area contributed by atoms with Gasteiger partial charge in [0.05, 0.1) is 6.54 Å². The number of nitrogens with two attached hydrogens (primary N) is 1. The molecule has 0 atom stereocenters. The first-order valence-corrected chi connectivity index (χ1v) is 6.55. The van der Waals surface area contributed by atoms with E-state index < -0.39 is 11.6 Å². The number of nitrogens with zero attached hydrogens (tertiary/aromatic N) is 3. The van der Waals surface area contributed by atoms with Crippen molar-refractivity contribution in [3.8, 4) is 0 Å². The molecule has 102 valence electrons. The Bertz CT molecular complexity index is 800. The van der Waals surface area contributed by atoms with Gasteiger partial charge >= 0.3 is 0 Å². The van der Waals surface area contributed by atoms with Crippen molar-refractivity contribution in [1.29, 1.82) is 0 Å². The van der Waals surface area contributed by atoms with Gasteiger partial charge in [-0.25, -0.2) is 18.7 Å². The Morgan fingerprint density at radius 1 is 1.20 bits per heavy atom. The number of hydrogen-bond donors (Lipinski definition) is 1. The van der Waals surface area contributed by atoms with Crippen molar-refractivity contribution >= 4 is 33.0 Å². The zero-order valence-corrected chi connectivity index (χ0v) is 11.7. The average molecular weight is 339 g/mol. The lowest BCUT2D eigenvalue weighted by Gasteiger charge is -2.06. The van der Waals surface area contributed by atoms with Crippen LogP contribution in [0.15, 0.2) is 34.9 Å². The third-order valence-electron chi connectivity index (χ3n) is 2.91. The van der Waals surface area contributed by atoms with Crippen molar-refractivity contribution in [3.05, 3.63) is 52.1 Å². The zero-order chi connectivity index (χ0) is 14.3. The van der Waals surface area contributed by atoms with Gasteiger partial charge in [-0.05, 0) is 39.7 Å². The molecule has 1 aromatic carbocycles. The number of hydrogen-bond acceptors (Lipinski definition) is 3. The molecule has 0 fully saturated rings. The van der Waals surface area contributed by atoms with Gasteiger partial charge in [-0.1, -0.05) is 6.07 Å². The number of fused-ring (bicyclic) bond motifs is 1. The normalized spacial score (nSPS) is 11.2. The minimum absolute atomic E-state index is 0.272. The largest absolute Gasteiger partial charge is 0.369 e. The van der Waals surface area contributed by atoms with E-state index >= 15 is 0 Å². The summed E-state index contributed by atoms with van der Waals surface area (Å²) < 4.78 is 28.6. The Labute approximate surface area is 121 Å². The molecule has 0 radical (unpaired) electrons. The van der Waals surface area contributed by atoms with E-state index in [-0.39, 0.29) is 12.5 Å². The van der Waals surface area contributed by atoms with Crippen molar-refractivity contribution in [2.24, 2.45) is 0 Å². The minimum Gasteiger partial charge on any atom is -0.369 e. The van der Waals surface area contributed by atoms with Crippen LogP contribution in [0, 0.1) is 11.6 Å². The summed E-state index contributed by atoms with van der Waals surface area (Å²) in [6.45, 7) is 0.272. The average Bonchev–Trinajstić information content (AvgIpc) is 2.69. The summed E-state index contributed by atoms with van der Waals surface area (Å²) in [4.78, 5) is 8.43. The molecule has 0 saturated carbocycles. The summed E-state index contributed by atoms with van der Waals surface area (Å²) in [5.74, 6) is -1.49. The SMILES string of the molecule is Nc1nc2cc(Br)cnc2n1Cc1ccc(F)c(F)c1. The first kappa shape index (κ1) is 13.0. The van der Waals surface area contributed by atoms with Crippen LogP contribution >= 0.6 is 15.9 Å². The van der Waals surface area contributed by atoms with Crippen LogP contribution in [0.1, 0.15) is 5.56 Å². The van der Waals surface area contributed by atoms with Crippen molar-refractivity contribution in [1.82, 2.24) is 14.5 Å². The first-order valence-electron chi connectivity index (χ1n) is 5.76. The number of pyridine rings is 1. The van der Waals surface area contributed by atoms with Crippen molar-refractivity contribution in [2.45, 2.75) is 6.54 Å². The second kappa shape index (κ2) is 4.82. The number of rotatable bonds is 2. The molecule has 7 heteroatoms. The highest BCUT2D eigenvalue weighted by Crippen LogP contribution is 2.21. The molecule has 0 bridgehead atoms. The third-order valence-corrected chi connectivity index (χ3v) is 3.34. The van der Waals surface area contributed by atoms with Crippen LogP contribution < -0.4 is 5.73 Å². The van der Waals surface area contributed by atoms with Crippen LogP contribution in [-0.4, -0.2) is 14.5 Å². The summed E-state index contributed by atoms with van der Waals surface area (Å²) in [6, 6.07) is 5.52. The molecule has 3 rings (SSSR count). The lowest BCUT2D eigenvalue weighted by Crippen LogP contribution is -2.05. The molecule has 3 aromatic rings. The standard InChI is InChI=1S/C13H9BrF2N4/c14-8-4-11-12(18-5-8)20(13(17)19-11)6-7-1-2-9(15)10(16)3-7/h1-5H,6H2,(H2,17,19). The van der Waals surface area contributed by atoms with E-state index in [1.165, 1.54) is 6.07 Å². The number of aromatic nitrogens is 3. The van der Waals surface area contributed by atoms with E-state index in [1.54, 1.807) is 16.8 Å². The highest BCUT2D eigenvalue weighted by atomic mass is 79.9. The summed E-state index contributed by atoms with van der Waals surface area (Å²) in [5, 5.41) is 0. The number of halogens is 3. The molecule has 0 saturated heterocycles. The fourth-order valence-corrected chi connectivity index (χ4v) is 2.30. The third kappa shape index (κ3) is 2.24. The predicted octanol–water partition coefficient (Wildman–Crippen LogP) is 3.10. The quantitative estimate of drug-likeness (QED) is 0.781. The fourth-order valence-electron chi connectivity index (χ4n) is 1.98. The molecule has 0 spiro atoms. The second-order valence-corrected chi connectivity index (χ2v) is 5.22. The van der Waals surface area contributed by atoms with Crippen LogP contribution in [0.3, 0.4) is 0 Å². The number of anilines is 1. The molecular weight excluding hydrogens is 330 g/mol. The molecule has 0 amide bonds. The van der Waals surface area contributed by atoms with Crippen molar-refractivity contribution in [3.63, 3.8) is 0 Å². The zero-order valence-electron chi connectivity index (χ0n) is 10.1. The molecule has 0 aliphatic heterocycles. The lowest BCUT2D eigenvalue weighted by atomic mass is 10.2. The smallest absolute Gasteiger partial charge is 0.202 e. The van der Waals surface area contributed by atoms with Gasteiger partial charge in [-0.2, -0.15) is 0 Å². The molecule has 20 heavy (non-hydrogen) atoms. The predicted molar refractivity (Wildman–Crippen MR) is 75.1 cm³/mol. The number of benzene rings is 1. The van der Waals surface area contributed by atoms with Gasteiger partial charge in [-0.15, -0.1) is 0 Å². The molecule has 0 aliphatic rings. The summed E-state index contributed by atoms with van der Waals surface area (Å²) in [6.07, 6.45) is 1.63. The molecule has 4 nitrogen and oxygen atoms in total. The Hall–Kier alpha value is -2.02. The number of imidazole rings is 1. The first-order chi connectivity index (χ1) is 9.54. The molecule has 0 unspecified atom stereocenters. The maximum Gasteiger partial charge on any atom is 0.202 e. The minimum atomic E-state index is -0.888. The molecule has 2 N–H and O–H groups in total. The fraction of sp³-hybridized carbons (Fsp3) is 0.0769. The monoisotopic (exact) mass is 338 g/mol. The second-order valence-electron chi connectivity index (χ2n) is 4.30. The van der Waals surface area contributed by atoms with Gasteiger partial charge in [-0.3, -0.25) is 4.57 Å². The van der Waals surface area contributed by atoms with Crippen LogP contribution in [0.25, 0.3) is 11.2 Å². The maximum atomic E-state index is 13.2. The van der Waals surface area contributed by atoms with Gasteiger partial charge in [0, 0.05) is 10.7 Å². The van der Waals surface area contributed by atoms with Gasteiger partial charge < -0.3 is 5.73 Å². The molecule has 2 aromatic heterocycles. The summed E-state index contributed by atoms with van der Waals surface area (Å²) in [7, 11) is 0.